The van der Waals surface area contributed by atoms with E-state index in [1.807, 2.05) is 6.07 Å². The second kappa shape index (κ2) is 5.58. The lowest BCUT2D eigenvalue weighted by Crippen LogP contribution is -2.39. The van der Waals surface area contributed by atoms with E-state index in [0.29, 0.717) is 5.92 Å². The van der Waals surface area contributed by atoms with Gasteiger partial charge in [0.1, 0.15) is 0 Å². The summed E-state index contributed by atoms with van der Waals surface area (Å²) in [5.41, 5.74) is 9.92. The minimum atomic E-state index is -0.260. The number of nitrogens with two attached hydrogens (primary N) is 1. The predicted octanol–water partition coefficient (Wildman–Crippen LogP) is 4.57. The summed E-state index contributed by atoms with van der Waals surface area (Å²) in [5.74, 6) is 0.468. The smallest absolute Gasteiger partial charge is 0.0406 e. The lowest BCUT2D eigenvalue weighted by atomic mass is 9.80. The molecule has 0 saturated carbocycles. The van der Waals surface area contributed by atoms with Crippen LogP contribution >= 0.6 is 0 Å². The average Bonchev–Trinajstić information content (AvgIpc) is 2.47. The highest BCUT2D eigenvalue weighted by Crippen LogP contribution is 2.30. The Kier molecular flexibility index (Phi) is 4.06. The van der Waals surface area contributed by atoms with Gasteiger partial charge in [-0.05, 0) is 29.5 Å². The summed E-state index contributed by atoms with van der Waals surface area (Å²) in [4.78, 5) is 0. The van der Waals surface area contributed by atoms with Crippen molar-refractivity contribution < 1.29 is 0 Å². The van der Waals surface area contributed by atoms with Gasteiger partial charge in [0.2, 0.25) is 0 Å². The molecule has 0 spiro atoms. The maximum absolute atomic E-state index is 6.48. The molecule has 0 aliphatic heterocycles. The zero-order chi connectivity index (χ0) is 13.9. The summed E-state index contributed by atoms with van der Waals surface area (Å²) < 4.78 is 0. The van der Waals surface area contributed by atoms with Gasteiger partial charge in [-0.25, -0.2) is 0 Å². The summed E-state index contributed by atoms with van der Waals surface area (Å²) in [6, 6.07) is 19.1. The van der Waals surface area contributed by atoms with Crippen LogP contribution in [0.1, 0.15) is 32.8 Å². The first-order chi connectivity index (χ1) is 9.05. The fourth-order valence-electron chi connectivity index (χ4n) is 2.36. The van der Waals surface area contributed by atoms with Crippen LogP contribution in [0.3, 0.4) is 0 Å². The molecule has 0 aromatic heterocycles. The van der Waals surface area contributed by atoms with Crippen LogP contribution in [0, 0.1) is 5.92 Å². The van der Waals surface area contributed by atoms with Gasteiger partial charge in [0, 0.05) is 5.54 Å². The maximum atomic E-state index is 6.48. The minimum Gasteiger partial charge on any atom is -0.321 e. The summed E-state index contributed by atoms with van der Waals surface area (Å²) in [7, 11) is 0. The van der Waals surface area contributed by atoms with Gasteiger partial charge in [0.25, 0.3) is 0 Å². The molecule has 2 atom stereocenters. The number of hydrogen-bond acceptors (Lipinski definition) is 1. The number of rotatable bonds is 4. The fraction of sp³-hybridized carbons (Fsp3) is 0.333. The van der Waals surface area contributed by atoms with Crippen LogP contribution < -0.4 is 5.73 Å². The van der Waals surface area contributed by atoms with Crippen molar-refractivity contribution in [1.29, 1.82) is 0 Å². The van der Waals surface area contributed by atoms with Crippen LogP contribution in [0.2, 0.25) is 0 Å². The van der Waals surface area contributed by atoms with Crippen LogP contribution in [0.15, 0.2) is 54.6 Å². The van der Waals surface area contributed by atoms with Gasteiger partial charge >= 0.3 is 0 Å². The molecule has 0 bridgehead atoms. The van der Waals surface area contributed by atoms with Gasteiger partial charge in [-0.2, -0.15) is 0 Å². The van der Waals surface area contributed by atoms with Crippen molar-refractivity contribution in [3.05, 3.63) is 60.2 Å². The minimum absolute atomic E-state index is 0.260. The molecule has 2 aromatic rings. The quantitative estimate of drug-likeness (QED) is 0.848. The third-order valence-electron chi connectivity index (χ3n) is 4.25. The Labute approximate surface area is 116 Å². The molecule has 0 heterocycles. The topological polar surface area (TPSA) is 26.0 Å². The van der Waals surface area contributed by atoms with Crippen molar-refractivity contribution in [2.75, 3.05) is 0 Å². The highest BCUT2D eigenvalue weighted by atomic mass is 14.7. The van der Waals surface area contributed by atoms with Gasteiger partial charge in [-0.3, -0.25) is 0 Å². The van der Waals surface area contributed by atoms with E-state index < -0.39 is 0 Å². The standard InChI is InChI=1S/C18H23N/c1-4-14(2)18(3,19)17-12-10-16(11-13-17)15-8-6-5-7-9-15/h5-14H,4,19H2,1-3H3. The molecule has 2 aromatic carbocycles. The molecule has 0 fully saturated rings. The summed E-state index contributed by atoms with van der Waals surface area (Å²) in [6.07, 6.45) is 1.09. The van der Waals surface area contributed by atoms with Crippen molar-refractivity contribution in [2.45, 2.75) is 32.7 Å². The molecule has 1 heteroatoms. The Morgan fingerprint density at radius 2 is 1.47 bits per heavy atom. The Hall–Kier alpha value is -1.60. The first kappa shape index (κ1) is 13.8. The Morgan fingerprint density at radius 1 is 0.947 bits per heavy atom. The van der Waals surface area contributed by atoms with Crippen molar-refractivity contribution in [3.63, 3.8) is 0 Å². The molecule has 0 radical (unpaired) electrons. The van der Waals surface area contributed by atoms with Gasteiger partial charge < -0.3 is 5.73 Å². The third kappa shape index (κ3) is 2.87. The van der Waals surface area contributed by atoms with Crippen molar-refractivity contribution in [2.24, 2.45) is 11.7 Å². The molecule has 0 amide bonds. The first-order valence-corrected chi connectivity index (χ1v) is 7.00. The summed E-state index contributed by atoms with van der Waals surface area (Å²) in [6.45, 7) is 6.53. The number of hydrogen-bond donors (Lipinski definition) is 1. The maximum Gasteiger partial charge on any atom is 0.0406 e. The average molecular weight is 253 g/mol. The van der Waals surface area contributed by atoms with Crippen LogP contribution in [-0.4, -0.2) is 0 Å². The van der Waals surface area contributed by atoms with E-state index in [4.69, 9.17) is 5.73 Å². The molecule has 0 aliphatic rings. The van der Waals surface area contributed by atoms with E-state index >= 15 is 0 Å². The van der Waals surface area contributed by atoms with Gasteiger partial charge in [-0.15, -0.1) is 0 Å². The van der Waals surface area contributed by atoms with Crippen LogP contribution in [0.5, 0.6) is 0 Å². The largest absolute Gasteiger partial charge is 0.321 e. The Bertz CT molecular complexity index is 511. The van der Waals surface area contributed by atoms with Gasteiger partial charge in [-0.1, -0.05) is 74.9 Å². The second-order valence-corrected chi connectivity index (χ2v) is 5.54. The van der Waals surface area contributed by atoms with E-state index in [1.54, 1.807) is 0 Å². The lowest BCUT2D eigenvalue weighted by Gasteiger charge is -2.31. The van der Waals surface area contributed by atoms with Crippen LogP contribution in [0.4, 0.5) is 0 Å². The predicted molar refractivity (Wildman–Crippen MR) is 82.9 cm³/mol. The van der Waals surface area contributed by atoms with Crippen molar-refractivity contribution >= 4 is 0 Å². The molecule has 100 valence electrons. The first-order valence-electron chi connectivity index (χ1n) is 7.00. The van der Waals surface area contributed by atoms with E-state index in [0.717, 1.165) is 6.42 Å². The molecular formula is C18H23N. The third-order valence-corrected chi connectivity index (χ3v) is 4.25. The molecule has 2 unspecified atom stereocenters. The molecular weight excluding hydrogens is 230 g/mol. The SMILES string of the molecule is CCC(C)C(C)(N)c1ccc(-c2ccccc2)cc1. The highest BCUT2D eigenvalue weighted by molar-refractivity contribution is 5.63. The van der Waals surface area contributed by atoms with Gasteiger partial charge in [0.05, 0.1) is 0 Å². The Balaban J connectivity index is 2.29. The lowest BCUT2D eigenvalue weighted by molar-refractivity contribution is 0.316. The van der Waals surface area contributed by atoms with E-state index in [2.05, 4.69) is 69.3 Å². The molecule has 0 saturated heterocycles. The van der Waals surface area contributed by atoms with Crippen LogP contribution in [-0.2, 0) is 5.54 Å². The summed E-state index contributed by atoms with van der Waals surface area (Å²) in [5, 5.41) is 0. The monoisotopic (exact) mass is 253 g/mol. The summed E-state index contributed by atoms with van der Waals surface area (Å²) >= 11 is 0. The van der Waals surface area contributed by atoms with E-state index in [1.165, 1.54) is 16.7 Å². The van der Waals surface area contributed by atoms with Gasteiger partial charge in [0.15, 0.2) is 0 Å². The van der Waals surface area contributed by atoms with E-state index in [9.17, 15) is 0 Å². The second-order valence-electron chi connectivity index (χ2n) is 5.54. The highest BCUT2D eigenvalue weighted by Gasteiger charge is 2.26. The zero-order valence-corrected chi connectivity index (χ0v) is 12.1. The molecule has 2 rings (SSSR count). The molecule has 1 nitrogen and oxygen atoms in total. The molecule has 2 N–H and O–H groups in total. The fourth-order valence-corrected chi connectivity index (χ4v) is 2.36. The Morgan fingerprint density at radius 3 is 2.00 bits per heavy atom. The van der Waals surface area contributed by atoms with Crippen molar-refractivity contribution in [3.8, 4) is 11.1 Å². The molecule has 19 heavy (non-hydrogen) atoms. The van der Waals surface area contributed by atoms with Crippen LogP contribution in [0.25, 0.3) is 11.1 Å². The van der Waals surface area contributed by atoms with Crippen molar-refractivity contribution in [1.82, 2.24) is 0 Å². The number of benzene rings is 2. The molecule has 0 aliphatic carbocycles. The normalized spacial score (nSPS) is 15.8. The van der Waals surface area contributed by atoms with E-state index in [-0.39, 0.29) is 5.54 Å². The zero-order valence-electron chi connectivity index (χ0n) is 12.1.